The lowest BCUT2D eigenvalue weighted by Crippen LogP contribution is -2.42. The molecule has 3 N–H and O–H groups in total. The summed E-state index contributed by atoms with van der Waals surface area (Å²) in [7, 11) is 1.89. The lowest BCUT2D eigenvalue weighted by atomic mass is 10.1. The predicted octanol–water partition coefficient (Wildman–Crippen LogP) is 2.86. The minimum absolute atomic E-state index is 0.370. The van der Waals surface area contributed by atoms with E-state index in [2.05, 4.69) is 15.8 Å². The number of hydrogen-bond donors (Lipinski definition) is 3. The molecular formula is C19H18N4O2. The van der Waals surface area contributed by atoms with Crippen LogP contribution in [-0.2, 0) is 0 Å². The van der Waals surface area contributed by atoms with Crippen molar-refractivity contribution in [1.29, 1.82) is 0 Å². The van der Waals surface area contributed by atoms with Crippen LogP contribution in [0, 0.1) is 0 Å². The van der Waals surface area contributed by atoms with Gasteiger partial charge in [-0.05, 0) is 36.4 Å². The number of carbonyl (C=O) groups excluding carboxylic acids is 2. The normalized spacial score (nSPS) is 10.1. The summed E-state index contributed by atoms with van der Waals surface area (Å²) in [6.07, 6.45) is 1.64. The number of rotatable bonds is 4. The van der Waals surface area contributed by atoms with Gasteiger partial charge in [0.1, 0.15) is 5.69 Å². The number of para-hydroxylation sites is 2. The number of benzene rings is 2. The molecule has 2 aromatic carbocycles. The van der Waals surface area contributed by atoms with Crippen molar-refractivity contribution in [2.75, 3.05) is 11.9 Å². The molecule has 126 valence electrons. The molecule has 0 aliphatic heterocycles. The van der Waals surface area contributed by atoms with E-state index in [0.29, 0.717) is 11.3 Å². The lowest BCUT2D eigenvalue weighted by molar-refractivity contribution is 0.0844. The second-order valence-electron chi connectivity index (χ2n) is 5.40. The Hall–Kier alpha value is -3.54. The molecule has 25 heavy (non-hydrogen) atoms. The SMILES string of the molecule is CN(c1ccccc1)c1ccccc1C(=O)NNC(=O)c1ccc[nH]1. The van der Waals surface area contributed by atoms with Crippen molar-refractivity contribution in [2.45, 2.75) is 0 Å². The van der Waals surface area contributed by atoms with Crippen molar-refractivity contribution >= 4 is 23.2 Å². The van der Waals surface area contributed by atoms with Gasteiger partial charge in [-0.15, -0.1) is 0 Å². The zero-order valence-electron chi connectivity index (χ0n) is 13.7. The molecule has 0 aliphatic rings. The Morgan fingerprint density at radius 2 is 1.52 bits per heavy atom. The number of anilines is 2. The Morgan fingerprint density at radius 1 is 0.840 bits per heavy atom. The summed E-state index contributed by atoms with van der Waals surface area (Å²) in [6, 6.07) is 20.3. The number of amides is 2. The fourth-order valence-electron chi connectivity index (χ4n) is 2.47. The molecule has 1 heterocycles. The number of carbonyl (C=O) groups is 2. The molecule has 2 amide bonds. The van der Waals surface area contributed by atoms with Crippen LogP contribution >= 0.6 is 0 Å². The first-order chi connectivity index (χ1) is 12.2. The van der Waals surface area contributed by atoms with Crippen LogP contribution in [0.15, 0.2) is 72.9 Å². The average molecular weight is 334 g/mol. The lowest BCUT2D eigenvalue weighted by Gasteiger charge is -2.22. The summed E-state index contributed by atoms with van der Waals surface area (Å²) in [5.41, 5.74) is 7.37. The second kappa shape index (κ2) is 7.35. The van der Waals surface area contributed by atoms with Crippen LogP contribution in [0.2, 0.25) is 0 Å². The van der Waals surface area contributed by atoms with Gasteiger partial charge in [0.2, 0.25) is 0 Å². The van der Waals surface area contributed by atoms with Gasteiger partial charge >= 0.3 is 0 Å². The third-order valence-electron chi connectivity index (χ3n) is 3.79. The molecule has 0 bridgehead atoms. The van der Waals surface area contributed by atoms with Crippen LogP contribution in [0.5, 0.6) is 0 Å². The van der Waals surface area contributed by atoms with E-state index in [1.165, 1.54) is 0 Å². The first kappa shape index (κ1) is 16.3. The molecule has 1 aromatic heterocycles. The van der Waals surface area contributed by atoms with Crippen LogP contribution in [0.4, 0.5) is 11.4 Å². The molecule has 0 unspecified atom stereocenters. The maximum absolute atomic E-state index is 12.5. The Labute approximate surface area is 145 Å². The van der Waals surface area contributed by atoms with Gasteiger partial charge in [-0.2, -0.15) is 0 Å². The minimum atomic E-state index is -0.410. The summed E-state index contributed by atoms with van der Waals surface area (Å²) in [6.45, 7) is 0. The topological polar surface area (TPSA) is 77.2 Å². The van der Waals surface area contributed by atoms with E-state index in [9.17, 15) is 9.59 Å². The molecular weight excluding hydrogens is 316 g/mol. The van der Waals surface area contributed by atoms with Crippen LogP contribution in [0.1, 0.15) is 20.8 Å². The van der Waals surface area contributed by atoms with Crippen molar-refractivity contribution < 1.29 is 9.59 Å². The molecule has 0 spiro atoms. The first-order valence-corrected chi connectivity index (χ1v) is 7.78. The Kier molecular flexibility index (Phi) is 4.80. The quantitative estimate of drug-likeness (QED) is 0.642. The summed E-state index contributed by atoms with van der Waals surface area (Å²) >= 11 is 0. The zero-order valence-corrected chi connectivity index (χ0v) is 13.7. The average Bonchev–Trinajstić information content (AvgIpc) is 3.21. The maximum Gasteiger partial charge on any atom is 0.286 e. The van der Waals surface area contributed by atoms with E-state index in [1.807, 2.05) is 54.4 Å². The van der Waals surface area contributed by atoms with Crippen molar-refractivity contribution in [2.24, 2.45) is 0 Å². The van der Waals surface area contributed by atoms with E-state index in [4.69, 9.17) is 0 Å². The summed E-state index contributed by atoms with van der Waals surface area (Å²) in [5, 5.41) is 0. The molecule has 0 fully saturated rings. The Morgan fingerprint density at radius 3 is 2.24 bits per heavy atom. The summed E-state index contributed by atoms with van der Waals surface area (Å²) < 4.78 is 0. The maximum atomic E-state index is 12.5. The number of hydrazine groups is 1. The number of hydrogen-bond acceptors (Lipinski definition) is 3. The monoisotopic (exact) mass is 334 g/mol. The standard InChI is InChI=1S/C19H18N4O2/c1-23(14-8-3-2-4-9-14)17-12-6-5-10-15(17)18(24)21-22-19(25)16-11-7-13-20-16/h2-13,20H,1H3,(H,21,24)(H,22,25). The number of nitrogens with one attached hydrogen (secondary N) is 3. The van der Waals surface area contributed by atoms with Crippen LogP contribution in [0.3, 0.4) is 0 Å². The summed E-state index contributed by atoms with van der Waals surface area (Å²) in [5.74, 6) is -0.800. The third kappa shape index (κ3) is 3.69. The third-order valence-corrected chi connectivity index (χ3v) is 3.79. The van der Waals surface area contributed by atoms with Gasteiger partial charge in [-0.3, -0.25) is 20.4 Å². The van der Waals surface area contributed by atoms with E-state index in [1.54, 1.807) is 30.5 Å². The van der Waals surface area contributed by atoms with Crippen molar-refractivity contribution in [3.63, 3.8) is 0 Å². The van der Waals surface area contributed by atoms with E-state index >= 15 is 0 Å². The Balaban J connectivity index is 1.76. The van der Waals surface area contributed by atoms with E-state index in [-0.39, 0.29) is 0 Å². The molecule has 6 nitrogen and oxygen atoms in total. The molecule has 0 aliphatic carbocycles. The van der Waals surface area contributed by atoms with E-state index in [0.717, 1.165) is 11.4 Å². The highest BCUT2D eigenvalue weighted by Gasteiger charge is 2.16. The highest BCUT2D eigenvalue weighted by atomic mass is 16.2. The highest BCUT2D eigenvalue weighted by Crippen LogP contribution is 2.26. The highest BCUT2D eigenvalue weighted by molar-refractivity contribution is 6.02. The fourth-order valence-corrected chi connectivity index (χ4v) is 2.47. The largest absolute Gasteiger partial charge is 0.357 e. The number of aromatic amines is 1. The van der Waals surface area contributed by atoms with Crippen LogP contribution < -0.4 is 15.8 Å². The predicted molar refractivity (Wildman–Crippen MR) is 96.7 cm³/mol. The molecule has 0 atom stereocenters. The molecule has 3 aromatic rings. The van der Waals surface area contributed by atoms with E-state index < -0.39 is 11.8 Å². The van der Waals surface area contributed by atoms with Gasteiger partial charge in [-0.25, -0.2) is 0 Å². The zero-order chi connectivity index (χ0) is 17.6. The number of nitrogens with zero attached hydrogens (tertiary/aromatic N) is 1. The van der Waals surface area contributed by atoms with Crippen LogP contribution in [0.25, 0.3) is 0 Å². The molecule has 0 saturated heterocycles. The fraction of sp³-hybridized carbons (Fsp3) is 0.0526. The van der Waals surface area contributed by atoms with Crippen molar-refractivity contribution in [3.8, 4) is 0 Å². The summed E-state index contributed by atoms with van der Waals surface area (Å²) in [4.78, 5) is 29.1. The number of aromatic nitrogens is 1. The Bertz CT molecular complexity index is 860. The van der Waals surface area contributed by atoms with Gasteiger partial charge in [0.15, 0.2) is 0 Å². The van der Waals surface area contributed by atoms with Gasteiger partial charge in [0.25, 0.3) is 11.8 Å². The van der Waals surface area contributed by atoms with Crippen molar-refractivity contribution in [1.82, 2.24) is 15.8 Å². The van der Waals surface area contributed by atoms with Gasteiger partial charge < -0.3 is 9.88 Å². The van der Waals surface area contributed by atoms with Crippen molar-refractivity contribution in [3.05, 3.63) is 84.2 Å². The minimum Gasteiger partial charge on any atom is -0.357 e. The smallest absolute Gasteiger partial charge is 0.286 e. The number of H-pyrrole nitrogens is 1. The second-order valence-corrected chi connectivity index (χ2v) is 5.40. The van der Waals surface area contributed by atoms with Crippen LogP contribution in [-0.4, -0.2) is 23.8 Å². The molecule has 3 rings (SSSR count). The van der Waals surface area contributed by atoms with Gasteiger partial charge in [0.05, 0.1) is 11.3 Å². The molecule has 0 saturated carbocycles. The van der Waals surface area contributed by atoms with Gasteiger partial charge in [-0.1, -0.05) is 30.3 Å². The first-order valence-electron chi connectivity index (χ1n) is 7.78. The molecule has 6 heteroatoms. The molecule has 0 radical (unpaired) electrons. The van der Waals surface area contributed by atoms with Gasteiger partial charge in [0, 0.05) is 18.9 Å².